The van der Waals surface area contributed by atoms with E-state index in [0.717, 1.165) is 36.7 Å². The van der Waals surface area contributed by atoms with Gasteiger partial charge >= 0.3 is 0 Å². The smallest absolute Gasteiger partial charge is 0.155 e. The molecule has 0 bridgehead atoms. The molecule has 1 aromatic heterocycles. The molecule has 29 heavy (non-hydrogen) atoms. The van der Waals surface area contributed by atoms with Gasteiger partial charge in [0.25, 0.3) is 0 Å². The van der Waals surface area contributed by atoms with Crippen LogP contribution < -0.4 is 5.32 Å². The molecule has 3 aromatic rings. The predicted octanol–water partition coefficient (Wildman–Crippen LogP) is 5.19. The molecule has 1 spiro atoms. The summed E-state index contributed by atoms with van der Waals surface area (Å²) in [7, 11) is 0. The molecule has 0 amide bonds. The van der Waals surface area contributed by atoms with Gasteiger partial charge in [-0.05, 0) is 18.4 Å². The van der Waals surface area contributed by atoms with Crippen LogP contribution in [0.1, 0.15) is 49.5 Å². The molecular weight excluding hydrogens is 358 g/mol. The van der Waals surface area contributed by atoms with Gasteiger partial charge in [0.05, 0.1) is 6.04 Å². The number of benzene rings is 2. The maximum absolute atomic E-state index is 5.85. The number of piperazine rings is 1. The highest BCUT2D eigenvalue weighted by molar-refractivity contribution is 5.58. The van der Waals surface area contributed by atoms with E-state index in [4.69, 9.17) is 4.52 Å². The molecule has 1 N–H and O–H groups in total. The van der Waals surface area contributed by atoms with E-state index in [1.54, 1.807) is 0 Å². The number of rotatable bonds is 4. The summed E-state index contributed by atoms with van der Waals surface area (Å²) in [4.78, 5) is 2.60. The van der Waals surface area contributed by atoms with Gasteiger partial charge in [0.15, 0.2) is 5.76 Å². The van der Waals surface area contributed by atoms with Crippen LogP contribution in [-0.2, 0) is 6.54 Å². The maximum atomic E-state index is 5.85. The van der Waals surface area contributed by atoms with Crippen LogP contribution in [0, 0.1) is 0 Å². The zero-order valence-corrected chi connectivity index (χ0v) is 16.9. The molecule has 5 rings (SSSR count). The monoisotopic (exact) mass is 387 g/mol. The summed E-state index contributed by atoms with van der Waals surface area (Å²) < 4.78 is 5.85. The van der Waals surface area contributed by atoms with Crippen molar-refractivity contribution in [2.75, 3.05) is 13.1 Å². The fourth-order valence-electron chi connectivity index (χ4n) is 5.06. The van der Waals surface area contributed by atoms with Crippen molar-refractivity contribution in [3.63, 3.8) is 0 Å². The Bertz CT molecular complexity index is 916. The number of hydrogen-bond donors (Lipinski definition) is 1. The van der Waals surface area contributed by atoms with E-state index >= 15 is 0 Å². The van der Waals surface area contributed by atoms with Gasteiger partial charge in [-0.2, -0.15) is 0 Å². The van der Waals surface area contributed by atoms with Crippen LogP contribution in [0.5, 0.6) is 0 Å². The van der Waals surface area contributed by atoms with Gasteiger partial charge in [-0.3, -0.25) is 10.2 Å². The highest BCUT2D eigenvalue weighted by atomic mass is 16.5. The number of nitrogens with one attached hydrogen (secondary N) is 1. The molecule has 1 aliphatic heterocycles. The lowest BCUT2D eigenvalue weighted by Gasteiger charge is -2.49. The Kier molecular flexibility index (Phi) is 5.21. The fourth-order valence-corrected chi connectivity index (χ4v) is 5.06. The van der Waals surface area contributed by atoms with E-state index < -0.39 is 0 Å². The molecule has 2 fully saturated rings. The molecule has 4 nitrogen and oxygen atoms in total. The van der Waals surface area contributed by atoms with Crippen molar-refractivity contribution in [2.45, 2.75) is 50.2 Å². The minimum absolute atomic E-state index is 0.176. The topological polar surface area (TPSA) is 41.3 Å². The standard InChI is InChI=1S/C25H29N3O/c1-4-10-20(11-5-1)17-28-18-23(26-25(19-28)14-8-3-9-15-25)24-16-22(27-29-24)21-12-6-2-7-13-21/h1-2,4-7,10-13,16,23,26H,3,8-9,14-15,17-19H2. The van der Waals surface area contributed by atoms with Crippen molar-refractivity contribution in [1.82, 2.24) is 15.4 Å². The highest BCUT2D eigenvalue weighted by Crippen LogP contribution is 2.36. The summed E-state index contributed by atoms with van der Waals surface area (Å²) in [5.41, 5.74) is 3.59. The van der Waals surface area contributed by atoms with Gasteiger partial charge < -0.3 is 4.52 Å². The molecule has 150 valence electrons. The molecule has 1 aliphatic carbocycles. The third kappa shape index (κ3) is 4.14. The second-order valence-electron chi connectivity index (χ2n) is 8.67. The van der Waals surface area contributed by atoms with Crippen molar-refractivity contribution < 1.29 is 4.52 Å². The number of aromatic nitrogens is 1. The van der Waals surface area contributed by atoms with Gasteiger partial charge in [0.2, 0.25) is 0 Å². The third-order valence-corrected chi connectivity index (χ3v) is 6.45. The van der Waals surface area contributed by atoms with Crippen molar-refractivity contribution in [1.29, 1.82) is 0 Å². The van der Waals surface area contributed by atoms with Gasteiger partial charge in [-0.1, -0.05) is 85.1 Å². The second kappa shape index (κ2) is 8.13. The first-order chi connectivity index (χ1) is 14.3. The number of nitrogens with zero attached hydrogens (tertiary/aromatic N) is 2. The van der Waals surface area contributed by atoms with Crippen molar-refractivity contribution in [3.05, 3.63) is 78.1 Å². The van der Waals surface area contributed by atoms with Gasteiger partial charge in [-0.15, -0.1) is 0 Å². The Morgan fingerprint density at radius 3 is 2.45 bits per heavy atom. The second-order valence-corrected chi connectivity index (χ2v) is 8.67. The molecule has 4 heteroatoms. The van der Waals surface area contributed by atoms with E-state index in [0.29, 0.717) is 0 Å². The van der Waals surface area contributed by atoms with Crippen LogP contribution in [0.3, 0.4) is 0 Å². The lowest BCUT2D eigenvalue weighted by atomic mass is 9.79. The van der Waals surface area contributed by atoms with Crippen molar-refractivity contribution >= 4 is 0 Å². The first-order valence-corrected chi connectivity index (χ1v) is 10.9. The summed E-state index contributed by atoms with van der Waals surface area (Å²) in [6.45, 7) is 3.04. The van der Waals surface area contributed by atoms with E-state index in [9.17, 15) is 0 Å². The third-order valence-electron chi connectivity index (χ3n) is 6.45. The Labute approximate surface area is 172 Å². The maximum Gasteiger partial charge on any atom is 0.155 e. The predicted molar refractivity (Wildman–Crippen MR) is 115 cm³/mol. The minimum atomic E-state index is 0.176. The van der Waals surface area contributed by atoms with Crippen molar-refractivity contribution in [3.8, 4) is 11.3 Å². The quantitative estimate of drug-likeness (QED) is 0.669. The van der Waals surface area contributed by atoms with E-state index in [2.05, 4.69) is 63.9 Å². The lowest BCUT2D eigenvalue weighted by molar-refractivity contribution is 0.0556. The molecule has 1 unspecified atom stereocenters. The Morgan fingerprint density at radius 1 is 0.966 bits per heavy atom. The first kappa shape index (κ1) is 18.6. The molecule has 1 saturated carbocycles. The summed E-state index contributed by atoms with van der Waals surface area (Å²) in [5, 5.41) is 8.36. The molecule has 2 heterocycles. The van der Waals surface area contributed by atoms with Crippen LogP contribution in [0.4, 0.5) is 0 Å². The van der Waals surface area contributed by atoms with Gasteiger partial charge in [0.1, 0.15) is 5.69 Å². The number of hydrogen-bond acceptors (Lipinski definition) is 4. The molecule has 0 radical (unpaired) electrons. The van der Waals surface area contributed by atoms with Crippen molar-refractivity contribution in [2.24, 2.45) is 0 Å². The lowest BCUT2D eigenvalue weighted by Crippen LogP contribution is -2.61. The van der Waals surface area contributed by atoms with Crippen LogP contribution in [-0.4, -0.2) is 28.7 Å². The summed E-state index contributed by atoms with van der Waals surface area (Å²) in [6, 6.07) is 23.4. The largest absolute Gasteiger partial charge is 0.359 e. The Morgan fingerprint density at radius 2 is 1.69 bits per heavy atom. The van der Waals surface area contributed by atoms with Gasteiger partial charge in [-0.25, -0.2) is 0 Å². The van der Waals surface area contributed by atoms with E-state index in [-0.39, 0.29) is 11.6 Å². The minimum Gasteiger partial charge on any atom is -0.359 e. The molecule has 1 saturated heterocycles. The van der Waals surface area contributed by atoms with E-state index in [1.807, 2.05) is 18.2 Å². The zero-order chi connectivity index (χ0) is 19.5. The van der Waals surface area contributed by atoms with Crippen LogP contribution >= 0.6 is 0 Å². The van der Waals surface area contributed by atoms with Crippen LogP contribution in [0.2, 0.25) is 0 Å². The van der Waals surface area contributed by atoms with Crippen LogP contribution in [0.15, 0.2) is 71.3 Å². The summed E-state index contributed by atoms with van der Waals surface area (Å²) in [5.74, 6) is 0.951. The molecular formula is C25H29N3O. The van der Waals surface area contributed by atoms with Gasteiger partial charge in [0, 0.05) is 36.8 Å². The zero-order valence-electron chi connectivity index (χ0n) is 16.9. The first-order valence-electron chi connectivity index (χ1n) is 10.9. The molecule has 1 atom stereocenters. The summed E-state index contributed by atoms with van der Waals surface area (Å²) >= 11 is 0. The Hall–Kier alpha value is -2.43. The fraction of sp³-hybridized carbons (Fsp3) is 0.400. The molecule has 2 aliphatic rings. The molecule has 2 aromatic carbocycles. The van der Waals surface area contributed by atoms with Crippen LogP contribution in [0.25, 0.3) is 11.3 Å². The average Bonchev–Trinajstić information content (AvgIpc) is 3.26. The Balaban J connectivity index is 1.40. The SMILES string of the molecule is c1ccc(CN2CC(c3cc(-c4ccccc4)no3)NC3(CCCCC3)C2)cc1. The summed E-state index contributed by atoms with van der Waals surface area (Å²) in [6.07, 6.45) is 6.46. The average molecular weight is 388 g/mol. The normalized spacial score (nSPS) is 22.0. The van der Waals surface area contributed by atoms with E-state index in [1.165, 1.54) is 37.7 Å². The highest BCUT2D eigenvalue weighted by Gasteiger charge is 2.41.